The van der Waals surface area contributed by atoms with Crippen LogP contribution in [0.25, 0.3) is 6.08 Å². The number of aliphatic hydroxyl groups excluding tert-OH is 1. The second kappa shape index (κ2) is 9.95. The van der Waals surface area contributed by atoms with Gasteiger partial charge in [-0.15, -0.1) is 0 Å². The lowest BCUT2D eigenvalue weighted by Crippen LogP contribution is -2.23. The Labute approximate surface area is 127 Å². The molecule has 6 nitrogen and oxygen atoms in total. The van der Waals surface area contributed by atoms with E-state index in [-0.39, 0.29) is 18.2 Å². The molecule has 21 heavy (non-hydrogen) atoms. The molecular weight excluding hydrogens is 292 g/mol. The summed E-state index contributed by atoms with van der Waals surface area (Å²) in [4.78, 5) is 21.9. The van der Waals surface area contributed by atoms with Crippen LogP contribution in [0.4, 0.5) is 5.69 Å². The second-order valence-electron chi connectivity index (χ2n) is 4.13. The van der Waals surface area contributed by atoms with Gasteiger partial charge in [0.25, 0.3) is 5.69 Å². The van der Waals surface area contributed by atoms with Crippen LogP contribution in [0.3, 0.4) is 0 Å². The molecule has 0 unspecified atom stereocenters. The SMILES string of the molecule is O=C(/C=C/c1ccccc1[N+](=O)[O-])NCCSCCCO. The zero-order chi connectivity index (χ0) is 15.5. The molecule has 0 heterocycles. The van der Waals surface area contributed by atoms with Crippen LogP contribution >= 0.6 is 11.8 Å². The molecule has 0 aliphatic heterocycles. The number of nitro benzene ring substituents is 1. The number of nitrogens with zero attached hydrogens (tertiary/aromatic N) is 1. The lowest BCUT2D eigenvalue weighted by Gasteiger charge is -2.02. The molecule has 7 heteroatoms. The van der Waals surface area contributed by atoms with Gasteiger partial charge in [-0.25, -0.2) is 0 Å². The summed E-state index contributed by atoms with van der Waals surface area (Å²) in [6, 6.07) is 6.25. The average molecular weight is 310 g/mol. The van der Waals surface area contributed by atoms with Crippen LogP contribution in [0, 0.1) is 10.1 Å². The van der Waals surface area contributed by atoms with Gasteiger partial charge in [-0.2, -0.15) is 11.8 Å². The highest BCUT2D eigenvalue weighted by molar-refractivity contribution is 7.99. The molecule has 0 aromatic heterocycles. The summed E-state index contributed by atoms with van der Waals surface area (Å²) in [7, 11) is 0. The maximum atomic E-state index is 11.6. The number of carbonyl (C=O) groups excluding carboxylic acids is 1. The Balaban J connectivity index is 2.39. The van der Waals surface area contributed by atoms with Crippen molar-refractivity contribution >= 4 is 29.4 Å². The van der Waals surface area contributed by atoms with Gasteiger partial charge in [0.05, 0.1) is 10.5 Å². The van der Waals surface area contributed by atoms with E-state index in [2.05, 4.69) is 5.32 Å². The molecule has 0 atom stereocenters. The number of thioether (sulfide) groups is 1. The normalized spacial score (nSPS) is 10.7. The van der Waals surface area contributed by atoms with Gasteiger partial charge in [0.15, 0.2) is 0 Å². The smallest absolute Gasteiger partial charge is 0.276 e. The molecule has 0 spiro atoms. The first-order valence-corrected chi connectivity index (χ1v) is 7.68. The number of amides is 1. The number of hydrogen-bond acceptors (Lipinski definition) is 5. The summed E-state index contributed by atoms with van der Waals surface area (Å²) < 4.78 is 0. The summed E-state index contributed by atoms with van der Waals surface area (Å²) in [6.45, 7) is 0.702. The van der Waals surface area contributed by atoms with E-state index in [4.69, 9.17) is 5.11 Å². The fourth-order valence-corrected chi connectivity index (χ4v) is 2.32. The molecule has 0 fully saturated rings. The van der Waals surface area contributed by atoms with Gasteiger partial charge in [0.1, 0.15) is 0 Å². The Morgan fingerprint density at radius 2 is 2.14 bits per heavy atom. The molecule has 0 aliphatic rings. The quantitative estimate of drug-likeness (QED) is 0.314. The second-order valence-corrected chi connectivity index (χ2v) is 5.35. The minimum Gasteiger partial charge on any atom is -0.396 e. The van der Waals surface area contributed by atoms with Gasteiger partial charge in [-0.3, -0.25) is 14.9 Å². The van der Waals surface area contributed by atoms with E-state index < -0.39 is 4.92 Å². The van der Waals surface area contributed by atoms with Crippen LogP contribution in [0.1, 0.15) is 12.0 Å². The third-order valence-corrected chi connectivity index (χ3v) is 3.61. The Bertz CT molecular complexity index is 506. The number of carbonyl (C=O) groups is 1. The van der Waals surface area contributed by atoms with Crippen molar-refractivity contribution < 1.29 is 14.8 Å². The third-order valence-electron chi connectivity index (χ3n) is 2.54. The Morgan fingerprint density at radius 1 is 1.38 bits per heavy atom. The number of nitro groups is 1. The van der Waals surface area contributed by atoms with Crippen molar-refractivity contribution in [3.63, 3.8) is 0 Å². The number of nitrogens with one attached hydrogen (secondary N) is 1. The highest BCUT2D eigenvalue weighted by Crippen LogP contribution is 2.18. The fraction of sp³-hybridized carbons (Fsp3) is 0.357. The summed E-state index contributed by atoms with van der Waals surface area (Å²) in [5.74, 6) is 1.35. The average Bonchev–Trinajstić information content (AvgIpc) is 2.49. The molecular formula is C14H18N2O4S. The molecule has 1 aromatic rings. The molecule has 2 N–H and O–H groups in total. The lowest BCUT2D eigenvalue weighted by atomic mass is 10.1. The summed E-state index contributed by atoms with van der Waals surface area (Å²) in [6.07, 6.45) is 3.48. The molecule has 1 amide bonds. The summed E-state index contributed by atoms with van der Waals surface area (Å²) in [5.41, 5.74) is 0.371. The molecule has 0 aliphatic carbocycles. The molecule has 1 aromatic carbocycles. The highest BCUT2D eigenvalue weighted by Gasteiger charge is 2.09. The third kappa shape index (κ3) is 6.92. The van der Waals surface area contributed by atoms with E-state index in [1.807, 2.05) is 0 Å². The topological polar surface area (TPSA) is 92.5 Å². The van der Waals surface area contributed by atoms with Gasteiger partial charge in [-0.05, 0) is 24.3 Å². The van der Waals surface area contributed by atoms with E-state index in [0.717, 1.165) is 17.9 Å². The highest BCUT2D eigenvalue weighted by atomic mass is 32.2. The van der Waals surface area contributed by atoms with Crippen molar-refractivity contribution in [2.75, 3.05) is 24.7 Å². The maximum Gasteiger partial charge on any atom is 0.276 e. The first-order chi connectivity index (χ1) is 10.1. The number of aliphatic hydroxyl groups is 1. The fourth-order valence-electron chi connectivity index (χ4n) is 1.53. The Hall–Kier alpha value is -1.86. The largest absolute Gasteiger partial charge is 0.396 e. The zero-order valence-electron chi connectivity index (χ0n) is 11.5. The van der Waals surface area contributed by atoms with Crippen LogP contribution < -0.4 is 5.32 Å². The minimum absolute atomic E-state index is 0.0268. The standard InChI is InChI=1S/C14H18N2O4S/c17-9-3-10-21-11-8-15-14(18)7-6-12-4-1-2-5-13(12)16(19)20/h1-2,4-7,17H,3,8-11H2,(H,15,18)/b7-6+. The molecule has 1 rings (SSSR count). The molecule has 0 bridgehead atoms. The van der Waals surface area contributed by atoms with E-state index in [1.165, 1.54) is 18.2 Å². The minimum atomic E-state index is -0.477. The monoisotopic (exact) mass is 310 g/mol. The van der Waals surface area contributed by atoms with Crippen LogP contribution in [0.2, 0.25) is 0 Å². The van der Waals surface area contributed by atoms with Crippen molar-refractivity contribution in [2.45, 2.75) is 6.42 Å². The van der Waals surface area contributed by atoms with Crippen LogP contribution in [0.5, 0.6) is 0 Å². The van der Waals surface area contributed by atoms with E-state index in [1.54, 1.807) is 30.0 Å². The first kappa shape index (κ1) is 17.2. The van der Waals surface area contributed by atoms with Crippen molar-refractivity contribution in [3.05, 3.63) is 46.0 Å². The van der Waals surface area contributed by atoms with Crippen molar-refractivity contribution in [1.82, 2.24) is 5.32 Å². The number of hydrogen-bond donors (Lipinski definition) is 2. The number of para-hydroxylation sites is 1. The lowest BCUT2D eigenvalue weighted by molar-refractivity contribution is -0.385. The molecule has 0 radical (unpaired) electrons. The zero-order valence-corrected chi connectivity index (χ0v) is 12.3. The Kier molecular flexibility index (Phi) is 8.15. The van der Waals surface area contributed by atoms with E-state index >= 15 is 0 Å². The van der Waals surface area contributed by atoms with Crippen molar-refractivity contribution in [2.24, 2.45) is 0 Å². The van der Waals surface area contributed by atoms with E-state index in [0.29, 0.717) is 12.1 Å². The summed E-state index contributed by atoms with van der Waals surface area (Å²) >= 11 is 1.65. The van der Waals surface area contributed by atoms with Crippen LogP contribution in [-0.4, -0.2) is 40.6 Å². The Morgan fingerprint density at radius 3 is 2.86 bits per heavy atom. The number of rotatable bonds is 9. The maximum absolute atomic E-state index is 11.6. The van der Waals surface area contributed by atoms with Crippen LogP contribution in [-0.2, 0) is 4.79 Å². The molecule has 114 valence electrons. The molecule has 0 saturated carbocycles. The summed E-state index contributed by atoms with van der Waals surface area (Å²) in [5, 5.41) is 22.1. The van der Waals surface area contributed by atoms with Crippen molar-refractivity contribution in [1.29, 1.82) is 0 Å². The molecule has 0 saturated heterocycles. The van der Waals surface area contributed by atoms with Crippen LogP contribution in [0.15, 0.2) is 30.3 Å². The van der Waals surface area contributed by atoms with Gasteiger partial charge in [-0.1, -0.05) is 12.1 Å². The number of benzene rings is 1. The van der Waals surface area contributed by atoms with E-state index in [9.17, 15) is 14.9 Å². The van der Waals surface area contributed by atoms with Gasteiger partial charge < -0.3 is 10.4 Å². The van der Waals surface area contributed by atoms with Gasteiger partial charge in [0.2, 0.25) is 5.91 Å². The first-order valence-electron chi connectivity index (χ1n) is 6.53. The van der Waals surface area contributed by atoms with Crippen molar-refractivity contribution in [3.8, 4) is 0 Å². The van der Waals surface area contributed by atoms with Gasteiger partial charge >= 0.3 is 0 Å². The predicted molar refractivity (Wildman–Crippen MR) is 84.2 cm³/mol. The van der Waals surface area contributed by atoms with Gasteiger partial charge in [0, 0.05) is 31.0 Å². The predicted octanol–water partition coefficient (Wildman–Crippen LogP) is 1.84.